The van der Waals surface area contributed by atoms with E-state index in [0.29, 0.717) is 31.9 Å². The number of ether oxygens (including phenoxy) is 2. The number of methoxy groups -OCH3 is 2. The lowest BCUT2D eigenvalue weighted by Gasteiger charge is -2.13. The maximum atomic E-state index is 6.13. The highest BCUT2D eigenvalue weighted by Gasteiger charge is 2.32. The zero-order valence-corrected chi connectivity index (χ0v) is 24.2. The molecule has 0 saturated carbocycles. The Labute approximate surface area is 244 Å². The topological polar surface area (TPSA) is 18.5 Å². The van der Waals surface area contributed by atoms with Gasteiger partial charge in [0, 0.05) is 26.1 Å². The number of hydrogen-bond donors (Lipinski definition) is 0. The van der Waals surface area contributed by atoms with E-state index in [1.54, 1.807) is 14.2 Å². The van der Waals surface area contributed by atoms with Crippen molar-refractivity contribution in [1.82, 2.24) is 0 Å². The fourth-order valence-corrected chi connectivity index (χ4v) is 6.33. The monoisotopic (exact) mass is 584 g/mol. The minimum Gasteiger partial charge on any atom is -0.377 e. The van der Waals surface area contributed by atoms with Gasteiger partial charge in [0.1, 0.15) is 0 Å². The van der Waals surface area contributed by atoms with E-state index >= 15 is 0 Å². The molecule has 0 amide bonds. The fourth-order valence-electron chi connectivity index (χ4n) is 5.71. The molecule has 0 radical (unpaired) electrons. The van der Waals surface area contributed by atoms with Gasteiger partial charge in [-0.3, -0.25) is 0 Å². The molecule has 4 aromatic rings. The lowest BCUT2D eigenvalue weighted by molar-refractivity contribution is 0.102. The van der Waals surface area contributed by atoms with Gasteiger partial charge in [-0.05, 0) is 70.5 Å². The van der Waals surface area contributed by atoms with Crippen LogP contribution < -0.4 is 0 Å². The predicted molar refractivity (Wildman–Crippen MR) is 158 cm³/mol. The summed E-state index contributed by atoms with van der Waals surface area (Å²) in [5.74, 6) is 0.659. The van der Waals surface area contributed by atoms with Gasteiger partial charge in [-0.15, -0.1) is 0 Å². The van der Waals surface area contributed by atoms with E-state index in [2.05, 4.69) is 48.5 Å². The quantitative estimate of drug-likeness (QED) is 0.237. The third-order valence-electron chi connectivity index (χ3n) is 7.60. The van der Waals surface area contributed by atoms with Crippen LogP contribution in [0.1, 0.15) is 70.3 Å². The van der Waals surface area contributed by atoms with Crippen LogP contribution in [-0.4, -0.2) is 14.2 Å². The second-order valence-corrected chi connectivity index (χ2v) is 11.3. The second-order valence-electron chi connectivity index (χ2n) is 9.63. The van der Waals surface area contributed by atoms with Crippen LogP contribution in [0.15, 0.2) is 84.9 Å². The average molecular weight is 586 g/mol. The first kappa shape index (κ1) is 27.5. The molecule has 0 fully saturated rings. The first-order valence-corrected chi connectivity index (χ1v) is 14.1. The first-order valence-electron chi connectivity index (χ1n) is 12.5. The lowest BCUT2D eigenvalue weighted by atomic mass is 9.93. The van der Waals surface area contributed by atoms with Crippen molar-refractivity contribution >= 4 is 46.4 Å². The van der Waals surface area contributed by atoms with Crippen LogP contribution in [0.3, 0.4) is 0 Å². The molecule has 196 valence electrons. The normalized spacial score (nSPS) is 21.4. The molecule has 6 rings (SSSR count). The number of halogens is 4. The highest BCUT2D eigenvalue weighted by molar-refractivity contribution is 6.42. The van der Waals surface area contributed by atoms with Gasteiger partial charge >= 0.3 is 0 Å². The van der Waals surface area contributed by atoms with Crippen LogP contribution >= 0.6 is 46.4 Å². The van der Waals surface area contributed by atoms with Gasteiger partial charge in [0.25, 0.3) is 0 Å². The lowest BCUT2D eigenvalue weighted by Crippen LogP contribution is -1.97. The second kappa shape index (κ2) is 12.0. The van der Waals surface area contributed by atoms with Crippen molar-refractivity contribution in [2.45, 2.75) is 36.9 Å². The molecule has 2 aliphatic rings. The smallest absolute Gasteiger partial charge is 0.0833 e. The molecule has 2 nitrogen and oxygen atoms in total. The zero-order chi connectivity index (χ0) is 26.8. The molecule has 2 aliphatic carbocycles. The highest BCUT2D eigenvalue weighted by Crippen LogP contribution is 2.47. The fraction of sp³-hybridized carbons (Fsp3) is 0.250. The SMILES string of the molecule is CO[C@@H]1C[C@@H](c2ccc(Cl)c(Cl)c2)c2ccccc21.CO[C@H]1C[C@@H](c2ccc(Cl)c(Cl)c2)c2ccccc21. The van der Waals surface area contributed by atoms with Crippen molar-refractivity contribution in [3.8, 4) is 0 Å². The Hall–Kier alpha value is -2.04. The Morgan fingerprint density at radius 3 is 1.21 bits per heavy atom. The van der Waals surface area contributed by atoms with E-state index in [1.807, 2.05) is 36.4 Å². The van der Waals surface area contributed by atoms with Crippen molar-refractivity contribution in [1.29, 1.82) is 0 Å². The summed E-state index contributed by atoms with van der Waals surface area (Å²) in [5.41, 5.74) is 7.60. The van der Waals surface area contributed by atoms with Crippen LogP contribution in [0, 0.1) is 0 Å². The largest absolute Gasteiger partial charge is 0.377 e. The maximum absolute atomic E-state index is 6.13. The molecule has 0 aliphatic heterocycles. The van der Waals surface area contributed by atoms with Crippen LogP contribution in [-0.2, 0) is 9.47 Å². The third-order valence-corrected chi connectivity index (χ3v) is 9.08. The van der Waals surface area contributed by atoms with Gasteiger partial charge in [-0.2, -0.15) is 0 Å². The molecular formula is C32H28Cl4O2. The van der Waals surface area contributed by atoms with Crippen LogP contribution in [0.5, 0.6) is 0 Å². The van der Waals surface area contributed by atoms with Crippen LogP contribution in [0.25, 0.3) is 0 Å². The number of rotatable bonds is 4. The Balaban J connectivity index is 0.000000155. The molecule has 6 heteroatoms. The molecule has 4 aromatic carbocycles. The van der Waals surface area contributed by atoms with Crippen molar-refractivity contribution in [2.24, 2.45) is 0 Å². The molecule has 4 atom stereocenters. The summed E-state index contributed by atoms with van der Waals surface area (Å²) in [6.45, 7) is 0. The summed E-state index contributed by atoms with van der Waals surface area (Å²) >= 11 is 24.2. The molecule has 38 heavy (non-hydrogen) atoms. The van der Waals surface area contributed by atoms with Crippen molar-refractivity contribution in [3.05, 3.63) is 138 Å². The maximum Gasteiger partial charge on any atom is 0.0833 e. The molecule has 0 bridgehead atoms. The average Bonchev–Trinajstić information content (AvgIpc) is 3.51. The summed E-state index contributed by atoms with van der Waals surface area (Å²) in [6, 6.07) is 28.6. The summed E-state index contributed by atoms with van der Waals surface area (Å²) in [7, 11) is 3.53. The minimum absolute atomic E-state index is 0.163. The molecule has 0 unspecified atom stereocenters. The van der Waals surface area contributed by atoms with Gasteiger partial charge in [-0.25, -0.2) is 0 Å². The van der Waals surface area contributed by atoms with E-state index in [4.69, 9.17) is 55.9 Å². The van der Waals surface area contributed by atoms with Crippen molar-refractivity contribution < 1.29 is 9.47 Å². The van der Waals surface area contributed by atoms with Crippen molar-refractivity contribution in [3.63, 3.8) is 0 Å². The Morgan fingerprint density at radius 1 is 0.500 bits per heavy atom. The van der Waals surface area contributed by atoms with E-state index < -0.39 is 0 Å². The van der Waals surface area contributed by atoms with Gasteiger partial charge in [-0.1, -0.05) is 107 Å². The van der Waals surface area contributed by atoms with Gasteiger partial charge in [0.05, 0.1) is 32.3 Å². The van der Waals surface area contributed by atoms with Gasteiger partial charge in [0.15, 0.2) is 0 Å². The zero-order valence-electron chi connectivity index (χ0n) is 21.1. The van der Waals surface area contributed by atoms with Gasteiger partial charge in [0.2, 0.25) is 0 Å². The molecular weight excluding hydrogens is 558 g/mol. The Bertz CT molecular complexity index is 1330. The number of benzene rings is 4. The number of hydrogen-bond acceptors (Lipinski definition) is 2. The van der Waals surface area contributed by atoms with E-state index in [1.165, 1.54) is 33.4 Å². The van der Waals surface area contributed by atoms with E-state index in [9.17, 15) is 0 Å². The summed E-state index contributed by atoms with van der Waals surface area (Å²) in [4.78, 5) is 0. The Kier molecular flexibility index (Phi) is 8.69. The third kappa shape index (κ3) is 5.49. The molecule has 0 heterocycles. The van der Waals surface area contributed by atoms with Crippen LogP contribution in [0.4, 0.5) is 0 Å². The van der Waals surface area contributed by atoms with Gasteiger partial charge < -0.3 is 9.47 Å². The molecule has 0 spiro atoms. The summed E-state index contributed by atoms with van der Waals surface area (Å²) < 4.78 is 11.2. The van der Waals surface area contributed by atoms with Crippen LogP contribution in [0.2, 0.25) is 20.1 Å². The predicted octanol–water partition coefficient (Wildman–Crippen LogP) is 10.4. The first-order chi connectivity index (χ1) is 18.4. The summed E-state index contributed by atoms with van der Waals surface area (Å²) in [6.07, 6.45) is 2.23. The van der Waals surface area contributed by atoms with Crippen molar-refractivity contribution in [2.75, 3.05) is 14.2 Å². The van der Waals surface area contributed by atoms with E-state index in [0.717, 1.165) is 12.8 Å². The molecule has 0 aromatic heterocycles. The Morgan fingerprint density at radius 2 is 0.868 bits per heavy atom. The standard InChI is InChI=1S/2C16H14Cl2O/c2*1-19-16-9-13(11-4-2-3-5-12(11)16)10-6-7-14(17)15(18)8-10/h2*2-8,13,16H,9H2,1H3/t13-,16+;13-,16-/m00/s1. The minimum atomic E-state index is 0.163. The summed E-state index contributed by atoms with van der Waals surface area (Å²) in [5, 5.41) is 2.41. The van der Waals surface area contributed by atoms with E-state index in [-0.39, 0.29) is 12.2 Å². The molecule has 0 saturated heterocycles. The number of fused-ring (bicyclic) bond motifs is 2. The highest BCUT2D eigenvalue weighted by atomic mass is 35.5. The molecule has 0 N–H and O–H groups in total.